The second kappa shape index (κ2) is 3.92. The van der Waals surface area contributed by atoms with E-state index in [2.05, 4.69) is 9.97 Å². The fourth-order valence-electron chi connectivity index (χ4n) is 0.782. The van der Waals surface area contributed by atoms with Crippen LogP contribution < -0.4 is 5.73 Å². The topological polar surface area (TPSA) is 109 Å². The number of hydrogen-bond acceptors (Lipinski definition) is 5. The summed E-state index contributed by atoms with van der Waals surface area (Å²) in [5, 5.41) is 17.8. The van der Waals surface area contributed by atoms with Crippen LogP contribution in [0.2, 0.25) is 0 Å². The lowest BCUT2D eigenvalue weighted by molar-refractivity contribution is 0.0682. The summed E-state index contributed by atoms with van der Waals surface area (Å²) in [6.45, 7) is -0.00390. The number of nitrogens with two attached hydrogens (primary N) is 1. The molecule has 1 unspecified atom stereocenters. The van der Waals surface area contributed by atoms with E-state index in [0.29, 0.717) is 0 Å². The number of rotatable bonds is 3. The van der Waals surface area contributed by atoms with Crippen LogP contribution in [0.4, 0.5) is 0 Å². The third kappa shape index (κ3) is 2.20. The Labute approximate surface area is 74.1 Å². The largest absolute Gasteiger partial charge is 0.475 e. The van der Waals surface area contributed by atoms with Gasteiger partial charge in [-0.1, -0.05) is 0 Å². The molecule has 70 valence electrons. The van der Waals surface area contributed by atoms with E-state index in [1.165, 1.54) is 12.3 Å². The van der Waals surface area contributed by atoms with Crippen LogP contribution in [0.25, 0.3) is 0 Å². The monoisotopic (exact) mass is 183 g/mol. The first-order valence-corrected chi connectivity index (χ1v) is 3.59. The van der Waals surface area contributed by atoms with Crippen molar-refractivity contribution in [1.82, 2.24) is 9.97 Å². The van der Waals surface area contributed by atoms with Crippen molar-refractivity contribution in [2.45, 2.75) is 6.10 Å². The van der Waals surface area contributed by atoms with Crippen LogP contribution in [0.1, 0.15) is 22.4 Å². The van der Waals surface area contributed by atoms with Crippen LogP contribution >= 0.6 is 0 Å². The molecule has 1 aromatic rings. The molecule has 0 saturated heterocycles. The molecule has 0 spiro atoms. The van der Waals surface area contributed by atoms with Crippen LogP contribution in [0.3, 0.4) is 0 Å². The summed E-state index contributed by atoms with van der Waals surface area (Å²) in [4.78, 5) is 17.5. The quantitative estimate of drug-likeness (QED) is 0.564. The molecule has 0 bridgehead atoms. The lowest BCUT2D eigenvalue weighted by Gasteiger charge is -2.05. The summed E-state index contributed by atoms with van der Waals surface area (Å²) in [7, 11) is 0. The maximum absolute atomic E-state index is 10.4. The van der Waals surface area contributed by atoms with Crippen molar-refractivity contribution in [2.75, 3.05) is 6.54 Å². The van der Waals surface area contributed by atoms with Crippen LogP contribution in [0, 0.1) is 0 Å². The highest BCUT2D eigenvalue weighted by Crippen LogP contribution is 2.06. The summed E-state index contributed by atoms with van der Waals surface area (Å²) >= 11 is 0. The molecule has 6 heteroatoms. The van der Waals surface area contributed by atoms with Crippen molar-refractivity contribution in [3.63, 3.8) is 0 Å². The molecule has 0 radical (unpaired) electrons. The van der Waals surface area contributed by atoms with E-state index >= 15 is 0 Å². The van der Waals surface area contributed by atoms with Gasteiger partial charge in [-0.15, -0.1) is 0 Å². The van der Waals surface area contributed by atoms with Gasteiger partial charge in [-0.25, -0.2) is 14.8 Å². The van der Waals surface area contributed by atoms with Crippen molar-refractivity contribution >= 4 is 5.97 Å². The summed E-state index contributed by atoms with van der Waals surface area (Å²) in [5.74, 6) is -1.57. The fraction of sp³-hybridized carbons (Fsp3) is 0.286. The average Bonchev–Trinajstić information content (AvgIpc) is 2.17. The van der Waals surface area contributed by atoms with Gasteiger partial charge in [0.25, 0.3) is 0 Å². The number of aliphatic hydroxyl groups is 1. The van der Waals surface area contributed by atoms with E-state index in [-0.39, 0.29) is 18.1 Å². The number of aliphatic hydroxyl groups excluding tert-OH is 1. The van der Waals surface area contributed by atoms with Gasteiger partial charge in [-0.2, -0.15) is 0 Å². The summed E-state index contributed by atoms with van der Waals surface area (Å²) < 4.78 is 0. The predicted molar refractivity (Wildman–Crippen MR) is 43.0 cm³/mol. The highest BCUT2D eigenvalue weighted by molar-refractivity contribution is 5.82. The first kappa shape index (κ1) is 9.56. The summed E-state index contributed by atoms with van der Waals surface area (Å²) in [6.07, 6.45) is 0.325. The van der Waals surface area contributed by atoms with E-state index in [1.807, 2.05) is 0 Å². The Morgan fingerprint density at radius 3 is 2.92 bits per heavy atom. The Bertz CT molecular complexity index is 316. The molecule has 1 heterocycles. The third-order valence-electron chi connectivity index (χ3n) is 1.43. The normalized spacial score (nSPS) is 12.5. The molecule has 1 rings (SSSR count). The molecule has 0 saturated carbocycles. The van der Waals surface area contributed by atoms with Crippen molar-refractivity contribution in [3.8, 4) is 0 Å². The van der Waals surface area contributed by atoms with E-state index < -0.39 is 12.1 Å². The minimum Gasteiger partial charge on any atom is -0.475 e. The molecular formula is C7H9N3O3. The molecule has 6 nitrogen and oxygen atoms in total. The van der Waals surface area contributed by atoms with Crippen LogP contribution in [-0.4, -0.2) is 32.7 Å². The molecule has 0 aliphatic heterocycles. The third-order valence-corrected chi connectivity index (χ3v) is 1.43. The van der Waals surface area contributed by atoms with Gasteiger partial charge in [0.1, 0.15) is 6.10 Å². The van der Waals surface area contributed by atoms with Crippen molar-refractivity contribution < 1.29 is 15.0 Å². The van der Waals surface area contributed by atoms with E-state index in [9.17, 15) is 9.90 Å². The maximum atomic E-state index is 10.4. The van der Waals surface area contributed by atoms with Crippen LogP contribution in [0.15, 0.2) is 12.3 Å². The van der Waals surface area contributed by atoms with Gasteiger partial charge >= 0.3 is 5.97 Å². The van der Waals surface area contributed by atoms with Crippen molar-refractivity contribution in [3.05, 3.63) is 23.8 Å². The first-order chi connectivity index (χ1) is 6.15. The number of aromatic nitrogens is 2. The van der Waals surface area contributed by atoms with Crippen molar-refractivity contribution in [2.24, 2.45) is 5.73 Å². The second-order valence-corrected chi connectivity index (χ2v) is 2.36. The average molecular weight is 183 g/mol. The highest BCUT2D eigenvalue weighted by atomic mass is 16.4. The molecular weight excluding hydrogens is 174 g/mol. The minimum atomic E-state index is -1.23. The Hall–Kier alpha value is -1.53. The van der Waals surface area contributed by atoms with E-state index in [1.54, 1.807) is 0 Å². The van der Waals surface area contributed by atoms with Gasteiger partial charge in [-0.05, 0) is 6.07 Å². The molecule has 0 aromatic carbocycles. The number of nitrogens with zero attached hydrogens (tertiary/aromatic N) is 2. The lowest BCUT2D eigenvalue weighted by atomic mass is 10.2. The Kier molecular flexibility index (Phi) is 2.88. The number of hydrogen-bond donors (Lipinski definition) is 3. The smallest absolute Gasteiger partial charge is 0.373 e. The number of carboxylic acid groups (broad SMARTS) is 1. The maximum Gasteiger partial charge on any atom is 0.373 e. The molecule has 4 N–H and O–H groups in total. The Morgan fingerprint density at radius 1 is 1.69 bits per heavy atom. The molecule has 0 amide bonds. The van der Waals surface area contributed by atoms with Crippen LogP contribution in [0.5, 0.6) is 0 Å². The predicted octanol–water partition coefficient (Wildman–Crippen LogP) is -0.833. The number of aromatic carboxylic acids is 1. The van der Waals surface area contributed by atoms with Gasteiger partial charge in [0, 0.05) is 12.7 Å². The minimum absolute atomic E-state index is 0.00390. The zero-order valence-electron chi connectivity index (χ0n) is 6.71. The SMILES string of the molecule is NCC(O)c1ccnc(C(=O)O)n1. The van der Waals surface area contributed by atoms with Gasteiger partial charge in [-0.3, -0.25) is 0 Å². The zero-order valence-corrected chi connectivity index (χ0v) is 6.71. The molecule has 0 aliphatic carbocycles. The van der Waals surface area contributed by atoms with Gasteiger partial charge in [0.15, 0.2) is 0 Å². The molecule has 1 atom stereocenters. The Morgan fingerprint density at radius 2 is 2.38 bits per heavy atom. The summed E-state index contributed by atoms with van der Waals surface area (Å²) in [5.41, 5.74) is 5.39. The first-order valence-electron chi connectivity index (χ1n) is 3.59. The highest BCUT2D eigenvalue weighted by Gasteiger charge is 2.11. The Balaban J connectivity index is 2.98. The van der Waals surface area contributed by atoms with E-state index in [4.69, 9.17) is 10.8 Å². The number of carbonyl (C=O) groups is 1. The molecule has 13 heavy (non-hydrogen) atoms. The second-order valence-electron chi connectivity index (χ2n) is 2.36. The number of carboxylic acids is 1. The van der Waals surface area contributed by atoms with Gasteiger partial charge < -0.3 is 15.9 Å². The van der Waals surface area contributed by atoms with E-state index in [0.717, 1.165) is 0 Å². The zero-order chi connectivity index (χ0) is 9.84. The summed E-state index contributed by atoms with van der Waals surface area (Å²) in [6, 6.07) is 1.42. The van der Waals surface area contributed by atoms with Gasteiger partial charge in [0.05, 0.1) is 5.69 Å². The molecule has 0 aliphatic rings. The molecule has 1 aromatic heterocycles. The fourth-order valence-corrected chi connectivity index (χ4v) is 0.782. The lowest BCUT2D eigenvalue weighted by Crippen LogP contribution is -2.15. The molecule has 0 fully saturated rings. The van der Waals surface area contributed by atoms with Gasteiger partial charge in [0.2, 0.25) is 5.82 Å². The van der Waals surface area contributed by atoms with Crippen molar-refractivity contribution in [1.29, 1.82) is 0 Å². The van der Waals surface area contributed by atoms with Crippen LogP contribution in [-0.2, 0) is 0 Å². The standard InChI is InChI=1S/C7H9N3O3/c8-3-5(11)4-1-2-9-6(10-4)7(12)13/h1-2,5,11H,3,8H2,(H,12,13).